The first kappa shape index (κ1) is 38.6. The lowest BCUT2D eigenvalue weighted by Gasteiger charge is -2.46. The second-order valence-electron chi connectivity index (χ2n) is 16.2. The summed E-state index contributed by atoms with van der Waals surface area (Å²) in [5, 5.41) is 4.83. The van der Waals surface area contributed by atoms with Crippen LogP contribution >= 0.6 is 11.6 Å². The highest BCUT2D eigenvalue weighted by molar-refractivity contribution is 8.06. The summed E-state index contributed by atoms with van der Waals surface area (Å²) in [6.45, 7) is 3.67. The van der Waals surface area contributed by atoms with E-state index in [9.17, 15) is 18.6 Å². The third kappa shape index (κ3) is 7.35. The lowest BCUT2D eigenvalue weighted by Crippen LogP contribution is -2.50. The Morgan fingerprint density at radius 3 is 2.75 bits per heavy atom. The van der Waals surface area contributed by atoms with Crippen molar-refractivity contribution in [3.63, 3.8) is 0 Å². The zero-order valence-corrected chi connectivity index (χ0v) is 33.7. The highest BCUT2D eigenvalue weighted by Gasteiger charge is 2.47. The highest BCUT2D eigenvalue weighted by atomic mass is 35.5. The second-order valence-corrected chi connectivity index (χ2v) is 18.8. The van der Waals surface area contributed by atoms with Gasteiger partial charge in [-0.3, -0.25) is 19.1 Å². The van der Waals surface area contributed by atoms with Crippen molar-refractivity contribution >= 4 is 50.3 Å². The van der Waals surface area contributed by atoms with Crippen LogP contribution in [0.5, 0.6) is 11.6 Å². The first-order valence-corrected chi connectivity index (χ1v) is 21.5. The molecule has 1 unspecified atom stereocenters. The molecule has 0 N–H and O–H groups in total. The van der Waals surface area contributed by atoms with E-state index in [2.05, 4.69) is 31.5 Å². The van der Waals surface area contributed by atoms with Gasteiger partial charge < -0.3 is 23.8 Å². The van der Waals surface area contributed by atoms with Crippen LogP contribution in [0.2, 0.25) is 5.02 Å². The molecule has 8 rings (SSSR count). The molecule has 15 heteroatoms. The number of benzene rings is 2. The SMILES string of the molecule is COc1nn(C)cc1C(=O)/N=C/S1(=O)=NC(=O)c2ccc3c(c2)N(C[C@@H]2CC[C@H]2[C@@H](OC)C[C@H]2CC(=O)O[C@@H]2[C@H](C)C1)C[C@@]1(CCCc2cc(Cl)ccc21)CO3. The summed E-state index contributed by atoms with van der Waals surface area (Å²) >= 11 is 6.48. The fourth-order valence-corrected chi connectivity index (χ4v) is 11.7. The van der Waals surface area contributed by atoms with Crippen LogP contribution in [0.3, 0.4) is 0 Å². The fourth-order valence-electron chi connectivity index (χ4n) is 9.74. The minimum atomic E-state index is -3.65. The molecule has 3 aliphatic heterocycles. The molecule has 13 nitrogen and oxygen atoms in total. The van der Waals surface area contributed by atoms with Crippen molar-refractivity contribution in [3.05, 3.63) is 69.9 Å². The Morgan fingerprint density at radius 1 is 1.14 bits per heavy atom. The van der Waals surface area contributed by atoms with Crippen LogP contribution in [-0.2, 0) is 42.9 Å². The predicted molar refractivity (Wildman–Crippen MR) is 211 cm³/mol. The molecular formula is C41H48ClN5O8S. The van der Waals surface area contributed by atoms with E-state index in [0.29, 0.717) is 42.8 Å². The minimum absolute atomic E-state index is 0.0603. The van der Waals surface area contributed by atoms with E-state index in [1.54, 1.807) is 32.4 Å². The number of nitrogens with zero attached hydrogens (tertiary/aromatic N) is 5. The van der Waals surface area contributed by atoms with Gasteiger partial charge in [0.25, 0.3) is 11.8 Å². The maximum atomic E-state index is 14.9. The van der Waals surface area contributed by atoms with Gasteiger partial charge in [0.05, 0.1) is 41.7 Å². The van der Waals surface area contributed by atoms with Crippen molar-refractivity contribution in [2.24, 2.45) is 40.1 Å². The number of ether oxygens (including phenoxy) is 4. The summed E-state index contributed by atoms with van der Waals surface area (Å²) in [4.78, 5) is 46.8. The molecule has 4 heterocycles. The van der Waals surface area contributed by atoms with Gasteiger partial charge in [0.1, 0.15) is 23.0 Å². The summed E-state index contributed by atoms with van der Waals surface area (Å²) < 4.78 is 44.6. The number of carbonyl (C=O) groups excluding carboxylic acids is 3. The minimum Gasteiger partial charge on any atom is -0.490 e. The van der Waals surface area contributed by atoms with Crippen LogP contribution in [0.1, 0.15) is 77.3 Å². The molecule has 2 aromatic carbocycles. The number of hydrogen-bond acceptors (Lipinski definition) is 10. The van der Waals surface area contributed by atoms with Crippen LogP contribution < -0.4 is 14.4 Å². The van der Waals surface area contributed by atoms with Crippen LogP contribution in [0, 0.1) is 23.7 Å². The first-order chi connectivity index (χ1) is 26.9. The fraction of sp³-hybridized carbons (Fsp3) is 0.537. The zero-order valence-electron chi connectivity index (χ0n) is 32.1. The van der Waals surface area contributed by atoms with Crippen molar-refractivity contribution in [2.45, 2.75) is 69.5 Å². The normalized spacial score (nSPS) is 31.6. The van der Waals surface area contributed by atoms with E-state index in [0.717, 1.165) is 43.3 Å². The van der Waals surface area contributed by atoms with Gasteiger partial charge in [0, 0.05) is 67.0 Å². The lowest BCUT2D eigenvalue weighted by atomic mass is 9.67. The summed E-state index contributed by atoms with van der Waals surface area (Å²) in [7, 11) is 1.10. The average molecular weight is 806 g/mol. The molecule has 1 aromatic heterocycles. The molecular weight excluding hydrogens is 758 g/mol. The topological polar surface area (TPSA) is 151 Å². The van der Waals surface area contributed by atoms with Gasteiger partial charge in [-0.1, -0.05) is 24.6 Å². The third-order valence-electron chi connectivity index (χ3n) is 12.5. The van der Waals surface area contributed by atoms with E-state index < -0.39 is 33.6 Å². The monoisotopic (exact) mass is 805 g/mol. The van der Waals surface area contributed by atoms with Gasteiger partial charge in [-0.25, -0.2) is 9.20 Å². The number of aryl methyl sites for hydroxylation is 2. The van der Waals surface area contributed by atoms with E-state index >= 15 is 0 Å². The number of esters is 1. The van der Waals surface area contributed by atoms with Gasteiger partial charge in [-0.05, 0) is 91.8 Å². The lowest BCUT2D eigenvalue weighted by molar-refractivity contribution is -0.143. The molecule has 2 aliphatic carbocycles. The number of rotatable bonds is 4. The highest BCUT2D eigenvalue weighted by Crippen LogP contribution is 2.48. The summed E-state index contributed by atoms with van der Waals surface area (Å²) in [5.74, 6) is -1.40. The third-order valence-corrected chi connectivity index (χ3v) is 14.7. The van der Waals surface area contributed by atoms with Gasteiger partial charge in [0.15, 0.2) is 0 Å². The largest absolute Gasteiger partial charge is 0.490 e. The van der Waals surface area contributed by atoms with E-state index in [1.807, 2.05) is 13.0 Å². The first-order valence-electron chi connectivity index (χ1n) is 19.4. The number of hydrogen-bond donors (Lipinski definition) is 0. The molecule has 8 atom stereocenters. The zero-order chi connectivity index (χ0) is 39.4. The summed E-state index contributed by atoms with van der Waals surface area (Å²) in [6, 6.07) is 11.4. The average Bonchev–Trinajstić information content (AvgIpc) is 3.69. The Kier molecular flexibility index (Phi) is 10.5. The smallest absolute Gasteiger partial charge is 0.306 e. The van der Waals surface area contributed by atoms with Crippen LogP contribution in [0.15, 0.2) is 52.0 Å². The second kappa shape index (κ2) is 15.2. The quantitative estimate of drug-likeness (QED) is 0.173. The number of aromatic nitrogens is 2. The van der Waals surface area contributed by atoms with Gasteiger partial charge >= 0.3 is 5.97 Å². The number of aliphatic imine (C=N–C) groups is 1. The van der Waals surface area contributed by atoms with Crippen LogP contribution in [0.25, 0.3) is 0 Å². The van der Waals surface area contributed by atoms with Crippen molar-refractivity contribution < 1.29 is 37.5 Å². The van der Waals surface area contributed by atoms with Crippen molar-refractivity contribution in [1.29, 1.82) is 0 Å². The van der Waals surface area contributed by atoms with Crippen molar-refractivity contribution in [1.82, 2.24) is 9.78 Å². The molecule has 1 saturated carbocycles. The maximum absolute atomic E-state index is 14.9. The number of methoxy groups -OCH3 is 2. The molecule has 298 valence electrons. The molecule has 1 spiro atoms. The molecule has 2 fully saturated rings. The van der Waals surface area contributed by atoms with E-state index in [1.165, 1.54) is 29.1 Å². The van der Waals surface area contributed by atoms with Gasteiger partial charge in [-0.15, -0.1) is 5.10 Å². The van der Waals surface area contributed by atoms with Gasteiger partial charge in [-0.2, -0.15) is 4.36 Å². The standard InChI is InChI=1S/C41H48ClN5O8S/c1-24-20-56(51,23-43-39(50)31-19-46(2)44-40(31)53-4)45-38(49)26-8-12-34-33(15-26)47(21-41(22-54-34)13-5-6-25-14-29(42)9-11-32(25)41)18-27-7-10-30(27)35(52-3)16-28-17-36(48)55-37(24)28/h8-9,11-12,14-15,19,23-24,27-28,30,35,37H,5-7,10,13,16-18,20-22H2,1-4H3/b43-23+/t24-,27+,28+,30-,35+,37-,41+,56?/m1/s1. The number of halogens is 1. The maximum Gasteiger partial charge on any atom is 0.306 e. The molecule has 56 heavy (non-hydrogen) atoms. The van der Waals surface area contributed by atoms with E-state index in [-0.39, 0.29) is 58.5 Å². The number of fused-ring (bicyclic) bond motifs is 5. The number of amides is 2. The molecule has 3 aromatic rings. The predicted octanol–water partition coefficient (Wildman–Crippen LogP) is 6.04. The number of carbonyl (C=O) groups is 3. The Labute approximate surface area is 332 Å². The Bertz CT molecular complexity index is 2220. The summed E-state index contributed by atoms with van der Waals surface area (Å²) in [5.41, 5.74) is 4.20. The van der Waals surface area contributed by atoms with Crippen molar-refractivity contribution in [3.8, 4) is 11.6 Å². The van der Waals surface area contributed by atoms with E-state index in [4.69, 9.17) is 30.5 Å². The molecule has 0 radical (unpaired) electrons. The molecule has 2 bridgehead atoms. The van der Waals surface area contributed by atoms with Crippen molar-refractivity contribution in [2.75, 3.05) is 44.6 Å². The number of anilines is 1. The Morgan fingerprint density at radius 2 is 1.98 bits per heavy atom. The van der Waals surface area contributed by atoms with Gasteiger partial charge in [0.2, 0.25) is 5.88 Å². The Balaban J connectivity index is 1.22. The Hall–Kier alpha value is -4.27. The van der Waals surface area contributed by atoms with Crippen LogP contribution in [-0.4, -0.2) is 89.2 Å². The molecule has 1 saturated heterocycles. The van der Waals surface area contributed by atoms with Crippen LogP contribution in [0.4, 0.5) is 5.69 Å². The molecule has 2 amide bonds. The molecule has 5 aliphatic rings. The summed E-state index contributed by atoms with van der Waals surface area (Å²) in [6.07, 6.45) is 6.42.